The highest BCUT2D eigenvalue weighted by atomic mass is 79.9. The molecule has 5 rings (SSSR count). The van der Waals surface area contributed by atoms with Crippen molar-refractivity contribution in [3.63, 3.8) is 0 Å². The van der Waals surface area contributed by atoms with E-state index >= 15 is 0 Å². The number of nitrogens with zero attached hydrogens (tertiary/aromatic N) is 4. The number of aromatic amines is 1. The van der Waals surface area contributed by atoms with Gasteiger partial charge in [0, 0.05) is 21.8 Å². The first-order valence-corrected chi connectivity index (χ1v) is 11.5. The van der Waals surface area contributed by atoms with Crippen LogP contribution >= 0.6 is 15.9 Å². The van der Waals surface area contributed by atoms with E-state index < -0.39 is 0 Å². The zero-order valence-corrected chi connectivity index (χ0v) is 20.2. The van der Waals surface area contributed by atoms with Crippen LogP contribution in [0.15, 0.2) is 88.3 Å². The van der Waals surface area contributed by atoms with Crippen molar-refractivity contribution in [1.29, 1.82) is 5.26 Å². The number of hydrogen-bond donors (Lipinski definition) is 1. The lowest BCUT2D eigenvalue weighted by molar-refractivity contribution is 0.415. The van der Waals surface area contributed by atoms with E-state index in [0.29, 0.717) is 22.2 Å². The van der Waals surface area contributed by atoms with Gasteiger partial charge in [-0.1, -0.05) is 34.1 Å². The Morgan fingerprint density at radius 2 is 1.89 bits per heavy atom. The third-order valence-electron chi connectivity index (χ3n) is 5.47. The van der Waals surface area contributed by atoms with E-state index in [9.17, 15) is 10.1 Å². The van der Waals surface area contributed by atoms with Crippen LogP contribution in [0.2, 0.25) is 0 Å². The van der Waals surface area contributed by atoms with Gasteiger partial charge in [0.2, 0.25) is 0 Å². The number of fused-ring (bicyclic) bond motifs is 1. The van der Waals surface area contributed by atoms with Crippen molar-refractivity contribution in [2.75, 3.05) is 7.11 Å². The summed E-state index contributed by atoms with van der Waals surface area (Å²) in [7, 11) is 1.61. The lowest BCUT2D eigenvalue weighted by Crippen LogP contribution is -2.11. The molecule has 7 nitrogen and oxygen atoms in total. The fraction of sp³-hybridized carbons (Fsp3) is 0.0370. The number of H-pyrrole nitrogens is 1. The minimum atomic E-state index is -0.317. The maximum Gasteiger partial charge on any atom is 0.259 e. The van der Waals surface area contributed by atoms with E-state index in [4.69, 9.17) is 9.84 Å². The van der Waals surface area contributed by atoms with Crippen molar-refractivity contribution in [2.45, 2.75) is 0 Å². The Balaban J connectivity index is 1.67. The summed E-state index contributed by atoms with van der Waals surface area (Å²) in [5, 5.41) is 15.2. The van der Waals surface area contributed by atoms with Crippen molar-refractivity contribution in [2.24, 2.45) is 0 Å². The average Bonchev–Trinajstić information content (AvgIpc) is 3.32. The molecule has 35 heavy (non-hydrogen) atoms. The Morgan fingerprint density at radius 3 is 2.60 bits per heavy atom. The zero-order chi connectivity index (χ0) is 24.4. The highest BCUT2D eigenvalue weighted by Gasteiger charge is 2.15. The maximum absolute atomic E-state index is 12.7. The summed E-state index contributed by atoms with van der Waals surface area (Å²) in [6.45, 7) is 0. The van der Waals surface area contributed by atoms with E-state index in [2.05, 4.69) is 32.0 Å². The second-order valence-electron chi connectivity index (χ2n) is 7.69. The van der Waals surface area contributed by atoms with Crippen LogP contribution in [0.3, 0.4) is 0 Å². The smallest absolute Gasteiger partial charge is 0.259 e. The molecular formula is C27H18BrN5O2. The molecule has 8 heteroatoms. The van der Waals surface area contributed by atoms with Gasteiger partial charge < -0.3 is 9.72 Å². The molecule has 0 amide bonds. The van der Waals surface area contributed by atoms with Gasteiger partial charge in [-0.2, -0.15) is 10.4 Å². The second kappa shape index (κ2) is 9.41. The van der Waals surface area contributed by atoms with Crippen molar-refractivity contribution in [1.82, 2.24) is 19.7 Å². The van der Waals surface area contributed by atoms with Crippen LogP contribution in [0.4, 0.5) is 0 Å². The van der Waals surface area contributed by atoms with Gasteiger partial charge in [-0.05, 0) is 60.7 Å². The Morgan fingerprint density at radius 1 is 1.11 bits per heavy atom. The average molecular weight is 524 g/mol. The van der Waals surface area contributed by atoms with Crippen LogP contribution < -0.4 is 10.3 Å². The third kappa shape index (κ3) is 4.50. The highest BCUT2D eigenvalue weighted by Crippen LogP contribution is 2.29. The van der Waals surface area contributed by atoms with Crippen molar-refractivity contribution in [3.05, 3.63) is 105 Å². The number of methoxy groups -OCH3 is 1. The van der Waals surface area contributed by atoms with E-state index in [1.807, 2.05) is 60.8 Å². The van der Waals surface area contributed by atoms with Gasteiger partial charge in [0.1, 0.15) is 11.8 Å². The first kappa shape index (κ1) is 22.3. The molecule has 0 saturated carbocycles. The minimum Gasteiger partial charge on any atom is -0.497 e. The number of allylic oxidation sites excluding steroid dienone is 1. The summed E-state index contributed by atoms with van der Waals surface area (Å²) in [6.07, 6.45) is 3.54. The van der Waals surface area contributed by atoms with Crippen molar-refractivity contribution >= 4 is 38.5 Å². The molecule has 0 radical (unpaired) electrons. The van der Waals surface area contributed by atoms with E-state index in [1.54, 1.807) is 36.1 Å². The Kier molecular flexibility index (Phi) is 6.00. The molecule has 0 unspecified atom stereocenters. The summed E-state index contributed by atoms with van der Waals surface area (Å²) < 4.78 is 7.81. The quantitative estimate of drug-likeness (QED) is 0.302. The predicted octanol–water partition coefficient (Wildman–Crippen LogP) is 5.61. The first-order valence-electron chi connectivity index (χ1n) is 10.7. The normalized spacial score (nSPS) is 11.4. The van der Waals surface area contributed by atoms with Crippen LogP contribution in [-0.4, -0.2) is 26.9 Å². The molecule has 0 fully saturated rings. The maximum atomic E-state index is 12.7. The van der Waals surface area contributed by atoms with Crippen molar-refractivity contribution in [3.8, 4) is 28.8 Å². The summed E-state index contributed by atoms with van der Waals surface area (Å²) in [6, 6.07) is 24.7. The lowest BCUT2D eigenvalue weighted by Gasteiger charge is -2.04. The lowest BCUT2D eigenvalue weighted by atomic mass is 10.1. The molecule has 0 bridgehead atoms. The van der Waals surface area contributed by atoms with E-state index in [1.165, 1.54) is 0 Å². The molecule has 0 aliphatic carbocycles. The van der Waals surface area contributed by atoms with Crippen molar-refractivity contribution < 1.29 is 4.74 Å². The molecule has 2 aromatic heterocycles. The Hall–Kier alpha value is -4.48. The fourth-order valence-electron chi connectivity index (χ4n) is 3.73. The van der Waals surface area contributed by atoms with Crippen LogP contribution in [0, 0.1) is 11.3 Å². The molecule has 0 atom stereocenters. The molecule has 0 aliphatic rings. The molecule has 5 aromatic rings. The van der Waals surface area contributed by atoms with Crippen LogP contribution in [0.1, 0.15) is 11.4 Å². The highest BCUT2D eigenvalue weighted by molar-refractivity contribution is 9.10. The van der Waals surface area contributed by atoms with Gasteiger partial charge >= 0.3 is 0 Å². The first-order chi connectivity index (χ1) is 17.1. The number of benzene rings is 3. The predicted molar refractivity (Wildman–Crippen MR) is 139 cm³/mol. The Bertz CT molecular complexity index is 1660. The summed E-state index contributed by atoms with van der Waals surface area (Å²) >= 11 is 3.37. The van der Waals surface area contributed by atoms with Crippen LogP contribution in [-0.2, 0) is 0 Å². The second-order valence-corrected chi connectivity index (χ2v) is 8.60. The zero-order valence-electron chi connectivity index (χ0n) is 18.6. The van der Waals surface area contributed by atoms with Gasteiger partial charge in [-0.15, -0.1) is 0 Å². The standard InChI is InChI=1S/C27H18BrN5O2/c1-35-22-10-7-17(8-11-22)25-19(16-33(32-25)21-5-3-2-4-6-21)13-18(15-29)26-30-24-12-9-20(28)14-23(24)27(34)31-26/h2-14,16H,1H3,(H,30,31,34)/b18-13-. The molecule has 0 saturated heterocycles. The monoisotopic (exact) mass is 523 g/mol. The largest absolute Gasteiger partial charge is 0.497 e. The molecule has 3 aromatic carbocycles. The van der Waals surface area contributed by atoms with Gasteiger partial charge in [-0.3, -0.25) is 4.79 Å². The molecule has 1 N–H and O–H groups in total. The number of nitriles is 1. The minimum absolute atomic E-state index is 0.195. The summed E-state index contributed by atoms with van der Waals surface area (Å²) in [5.41, 5.74) is 3.52. The summed E-state index contributed by atoms with van der Waals surface area (Å²) in [4.78, 5) is 19.9. The number of nitrogens with one attached hydrogen (secondary N) is 1. The topological polar surface area (TPSA) is 96.6 Å². The fourth-order valence-corrected chi connectivity index (χ4v) is 4.09. The van der Waals surface area contributed by atoms with Crippen LogP contribution in [0.5, 0.6) is 5.75 Å². The number of ether oxygens (including phenoxy) is 1. The Labute approximate surface area is 209 Å². The number of rotatable bonds is 5. The van der Waals surface area contributed by atoms with Gasteiger partial charge in [0.05, 0.1) is 35.0 Å². The number of para-hydroxylation sites is 1. The van der Waals surface area contributed by atoms with Crippen LogP contribution in [0.25, 0.3) is 39.5 Å². The molecule has 2 heterocycles. The third-order valence-corrected chi connectivity index (χ3v) is 5.96. The SMILES string of the molecule is COc1ccc(-c2nn(-c3ccccc3)cc2/C=C(/C#N)c2nc3ccc(Br)cc3c(=O)[nH]2)cc1. The number of hydrogen-bond acceptors (Lipinski definition) is 5. The molecule has 0 aliphatic heterocycles. The van der Waals surface area contributed by atoms with E-state index in [0.717, 1.165) is 21.5 Å². The molecular weight excluding hydrogens is 506 g/mol. The molecule has 0 spiro atoms. The summed E-state index contributed by atoms with van der Waals surface area (Å²) in [5.74, 6) is 0.927. The van der Waals surface area contributed by atoms with E-state index in [-0.39, 0.29) is 17.0 Å². The van der Waals surface area contributed by atoms with Gasteiger partial charge in [-0.25, -0.2) is 9.67 Å². The number of halogens is 1. The number of aromatic nitrogens is 4. The van der Waals surface area contributed by atoms with Gasteiger partial charge in [0.15, 0.2) is 5.82 Å². The van der Waals surface area contributed by atoms with Gasteiger partial charge in [0.25, 0.3) is 5.56 Å². The molecule has 170 valence electrons.